The van der Waals surface area contributed by atoms with Crippen molar-refractivity contribution >= 4 is 11.3 Å². The molecule has 7 heteroatoms. The normalized spacial score (nSPS) is 10.9. The Hall–Kier alpha value is -8.21. The molecule has 0 radical (unpaired) electrons. The van der Waals surface area contributed by atoms with Gasteiger partial charge in [-0.25, -0.2) is 9.97 Å². The van der Waals surface area contributed by atoms with E-state index >= 15 is 0 Å². The molecule has 0 fully saturated rings. The highest BCUT2D eigenvalue weighted by atomic mass is 16.5. The van der Waals surface area contributed by atoms with Crippen LogP contribution in [0.3, 0.4) is 0 Å². The van der Waals surface area contributed by atoms with E-state index in [0.717, 1.165) is 78.7 Å². The summed E-state index contributed by atoms with van der Waals surface area (Å²) in [5.74, 6) is 1.64. The molecule has 4 heterocycles. The zero-order chi connectivity index (χ0) is 43.1. The lowest BCUT2D eigenvalue weighted by molar-refractivity contribution is 0.306. The van der Waals surface area contributed by atoms with Gasteiger partial charge in [-0.15, -0.1) is 0 Å². The summed E-state index contributed by atoms with van der Waals surface area (Å²) in [7, 11) is 0. The number of nitrogens with zero attached hydrogens (tertiary/aromatic N) is 5. The van der Waals surface area contributed by atoms with Gasteiger partial charge in [-0.3, -0.25) is 0 Å². The average Bonchev–Trinajstić information content (AvgIpc) is 3.96. The Balaban J connectivity index is 0.000000160. The van der Waals surface area contributed by atoms with Gasteiger partial charge >= 0.3 is 0 Å². The Bertz CT molecular complexity index is 3190. The van der Waals surface area contributed by atoms with E-state index in [0.29, 0.717) is 18.8 Å². The van der Waals surface area contributed by atoms with Crippen molar-refractivity contribution in [2.75, 3.05) is 0 Å². The Labute approximate surface area is 367 Å². The van der Waals surface area contributed by atoms with E-state index in [1.165, 1.54) is 16.7 Å². The van der Waals surface area contributed by atoms with Gasteiger partial charge in [-0.2, -0.15) is 5.26 Å². The monoisotopic (exact) mass is 819 g/mol. The van der Waals surface area contributed by atoms with Gasteiger partial charge in [0.05, 0.1) is 23.0 Å². The molecule has 0 N–H and O–H groups in total. The van der Waals surface area contributed by atoms with Crippen molar-refractivity contribution in [3.05, 3.63) is 228 Å². The third kappa shape index (κ3) is 9.73. The second-order valence-corrected chi connectivity index (χ2v) is 15.8. The van der Waals surface area contributed by atoms with Crippen molar-refractivity contribution in [1.82, 2.24) is 18.8 Å². The maximum atomic E-state index is 8.91. The summed E-state index contributed by atoms with van der Waals surface area (Å²) in [4.78, 5) is 9.54. The van der Waals surface area contributed by atoms with Crippen molar-refractivity contribution < 1.29 is 9.47 Å². The van der Waals surface area contributed by atoms with Crippen LogP contribution in [-0.4, -0.2) is 18.8 Å². The lowest BCUT2D eigenvalue weighted by atomic mass is 10.1. The van der Waals surface area contributed by atoms with E-state index in [2.05, 4.69) is 182 Å². The Kier molecular flexibility index (Phi) is 11.6. The van der Waals surface area contributed by atoms with E-state index in [1.54, 1.807) is 12.1 Å². The van der Waals surface area contributed by atoms with Crippen LogP contribution in [0.2, 0.25) is 0 Å². The number of imidazole rings is 2. The maximum Gasteiger partial charge on any atom is 0.137 e. The molecule has 10 rings (SSSR count). The number of hydrogen-bond acceptors (Lipinski definition) is 5. The quantitative estimate of drug-likeness (QED) is 0.137. The number of ether oxygens (including phenoxy) is 2. The summed E-state index contributed by atoms with van der Waals surface area (Å²) in [5, 5.41) is 8.91. The first-order valence-electron chi connectivity index (χ1n) is 20.9. The molecule has 0 aliphatic rings. The molecule has 7 nitrogen and oxygen atoms in total. The molecule has 10 aromatic rings. The van der Waals surface area contributed by atoms with Crippen LogP contribution >= 0.6 is 0 Å². The standard InChI is InChI=1S/C28H21N3O.C28H24N2O/c1-20-5-9-23(10-6-20)27-18-31-17-25(11-14-28(31)30-27)24-4-2-3-22(15-24)19-32-26-12-7-21(16-29)8-13-26;1-20-6-10-23(11-7-20)27-18-30-17-25(12-15-28(30)29-27)24-5-3-4-22(16-24)19-31-26-13-8-21(2)9-14-26/h2-15,17-18H,19H2,1H3;3-18H,19H2,1-2H3. The average molecular weight is 820 g/mol. The van der Waals surface area contributed by atoms with Crippen molar-refractivity contribution in [1.29, 1.82) is 5.26 Å². The molecule has 0 atom stereocenters. The number of pyridine rings is 2. The molecule has 0 aliphatic heterocycles. The van der Waals surface area contributed by atoms with Crippen LogP contribution in [-0.2, 0) is 13.2 Å². The fraction of sp³-hybridized carbons (Fsp3) is 0.0893. The number of fused-ring (bicyclic) bond motifs is 2. The number of hydrogen-bond donors (Lipinski definition) is 0. The number of rotatable bonds is 10. The van der Waals surface area contributed by atoms with Crippen molar-refractivity contribution in [2.45, 2.75) is 34.0 Å². The van der Waals surface area contributed by atoms with Crippen LogP contribution in [0.15, 0.2) is 195 Å². The highest BCUT2D eigenvalue weighted by Gasteiger charge is 2.09. The number of aryl methyl sites for hydroxylation is 3. The highest BCUT2D eigenvalue weighted by molar-refractivity contribution is 5.70. The van der Waals surface area contributed by atoms with Gasteiger partial charge in [0, 0.05) is 35.9 Å². The van der Waals surface area contributed by atoms with Gasteiger partial charge < -0.3 is 18.3 Å². The fourth-order valence-corrected chi connectivity index (χ4v) is 7.33. The van der Waals surface area contributed by atoms with Crippen LogP contribution in [0.25, 0.3) is 56.1 Å². The van der Waals surface area contributed by atoms with Crippen LogP contribution in [0.4, 0.5) is 0 Å². The van der Waals surface area contributed by atoms with Crippen molar-refractivity contribution in [2.24, 2.45) is 0 Å². The van der Waals surface area contributed by atoms with Crippen molar-refractivity contribution in [3.63, 3.8) is 0 Å². The van der Waals surface area contributed by atoms with E-state index < -0.39 is 0 Å². The summed E-state index contributed by atoms with van der Waals surface area (Å²) >= 11 is 0. The van der Waals surface area contributed by atoms with Crippen LogP contribution < -0.4 is 9.47 Å². The molecular formula is C56H45N5O2. The molecule has 4 aromatic heterocycles. The molecule has 0 saturated carbocycles. The number of aromatic nitrogens is 4. The molecule has 306 valence electrons. The molecule has 0 aliphatic carbocycles. The Morgan fingerprint density at radius 3 is 1.25 bits per heavy atom. The molecule has 0 unspecified atom stereocenters. The number of benzene rings is 6. The smallest absolute Gasteiger partial charge is 0.137 e. The molecule has 0 bridgehead atoms. The lowest BCUT2D eigenvalue weighted by Gasteiger charge is -2.09. The second kappa shape index (κ2) is 18.2. The third-order valence-electron chi connectivity index (χ3n) is 10.9. The number of nitriles is 1. The third-order valence-corrected chi connectivity index (χ3v) is 10.9. The molecule has 0 spiro atoms. The first kappa shape index (κ1) is 40.2. The lowest BCUT2D eigenvalue weighted by Crippen LogP contribution is -1.96. The minimum absolute atomic E-state index is 0.463. The predicted molar refractivity (Wildman–Crippen MR) is 253 cm³/mol. The van der Waals surface area contributed by atoms with Gasteiger partial charge in [0.25, 0.3) is 0 Å². The van der Waals surface area contributed by atoms with Gasteiger partial charge in [0.15, 0.2) is 0 Å². The zero-order valence-electron chi connectivity index (χ0n) is 35.4. The van der Waals surface area contributed by atoms with Crippen molar-refractivity contribution in [3.8, 4) is 62.3 Å². The van der Waals surface area contributed by atoms with Crippen LogP contribution in [0.5, 0.6) is 11.5 Å². The van der Waals surface area contributed by atoms with E-state index in [1.807, 2.05) is 36.4 Å². The summed E-state index contributed by atoms with van der Waals surface area (Å²) in [6.07, 6.45) is 8.41. The SMILES string of the molecule is Cc1ccc(-c2cn3cc(-c4cccc(COc5ccc(C#N)cc5)c4)ccc3n2)cc1.Cc1ccc(OCc2cccc(-c3ccc4nc(-c5ccc(C)cc5)cn4c3)c2)cc1. The van der Waals surface area contributed by atoms with Gasteiger partial charge in [-0.05, 0) is 127 Å². The largest absolute Gasteiger partial charge is 0.489 e. The minimum atomic E-state index is 0.463. The first-order chi connectivity index (χ1) is 30.8. The molecule has 0 saturated heterocycles. The van der Waals surface area contributed by atoms with E-state index in [9.17, 15) is 0 Å². The Morgan fingerprint density at radius 1 is 0.429 bits per heavy atom. The van der Waals surface area contributed by atoms with Gasteiger partial charge in [0.1, 0.15) is 36.0 Å². The Morgan fingerprint density at radius 2 is 0.825 bits per heavy atom. The fourth-order valence-electron chi connectivity index (χ4n) is 7.33. The summed E-state index contributed by atoms with van der Waals surface area (Å²) in [6.45, 7) is 7.27. The maximum absolute atomic E-state index is 8.91. The minimum Gasteiger partial charge on any atom is -0.489 e. The summed E-state index contributed by atoms with van der Waals surface area (Å²) in [5.41, 5.74) is 17.2. The van der Waals surface area contributed by atoms with Crippen LogP contribution in [0, 0.1) is 32.1 Å². The molecular weight excluding hydrogens is 775 g/mol. The topological polar surface area (TPSA) is 76.8 Å². The predicted octanol–water partition coefficient (Wildman–Crippen LogP) is 13.3. The molecule has 63 heavy (non-hydrogen) atoms. The van der Waals surface area contributed by atoms with Crippen LogP contribution in [0.1, 0.15) is 33.4 Å². The van der Waals surface area contributed by atoms with E-state index in [-0.39, 0.29) is 0 Å². The van der Waals surface area contributed by atoms with E-state index in [4.69, 9.17) is 24.7 Å². The van der Waals surface area contributed by atoms with Gasteiger partial charge in [-0.1, -0.05) is 114 Å². The molecule has 0 amide bonds. The summed E-state index contributed by atoms with van der Waals surface area (Å²) in [6, 6.07) is 59.5. The highest BCUT2D eigenvalue weighted by Crippen LogP contribution is 2.27. The first-order valence-corrected chi connectivity index (χ1v) is 20.9. The van der Waals surface area contributed by atoms with Gasteiger partial charge in [0.2, 0.25) is 0 Å². The summed E-state index contributed by atoms with van der Waals surface area (Å²) < 4.78 is 16.0. The molecule has 6 aromatic carbocycles. The zero-order valence-corrected chi connectivity index (χ0v) is 35.4. The second-order valence-electron chi connectivity index (χ2n) is 15.8.